The number of anilines is 1. The quantitative estimate of drug-likeness (QED) is 0.943. The van der Waals surface area contributed by atoms with Gasteiger partial charge in [0, 0.05) is 19.1 Å². The Labute approximate surface area is 129 Å². The first-order chi connectivity index (χ1) is 10.3. The maximum atomic E-state index is 6.35. The Balaban J connectivity index is 1.79. The number of piperidine rings is 1. The topological polar surface area (TPSA) is 46.0 Å². The van der Waals surface area contributed by atoms with Gasteiger partial charge in [-0.05, 0) is 31.5 Å². The molecule has 0 spiro atoms. The second kappa shape index (κ2) is 6.45. The molecule has 3 rings (SSSR count). The minimum Gasteiger partial charge on any atom is -0.380 e. The summed E-state index contributed by atoms with van der Waals surface area (Å²) in [5.41, 5.74) is 1.89. The van der Waals surface area contributed by atoms with Gasteiger partial charge < -0.3 is 10.2 Å². The van der Waals surface area contributed by atoms with Gasteiger partial charge in [-0.1, -0.05) is 24.6 Å². The van der Waals surface area contributed by atoms with Crippen LogP contribution in [0.1, 0.15) is 19.8 Å². The van der Waals surface area contributed by atoms with Crippen LogP contribution < -0.4 is 5.32 Å². The van der Waals surface area contributed by atoms with Crippen LogP contribution in [0, 0.1) is 0 Å². The molecule has 2 aromatic rings. The molecule has 21 heavy (non-hydrogen) atoms. The number of nitrogens with one attached hydrogen (secondary N) is 1. The third-order valence-corrected chi connectivity index (χ3v) is 4.33. The molecular formula is C15H20ClN5. The van der Waals surface area contributed by atoms with Gasteiger partial charge in [-0.25, -0.2) is 9.67 Å². The summed E-state index contributed by atoms with van der Waals surface area (Å²) in [5.74, 6) is 0. The highest BCUT2D eigenvalue weighted by Crippen LogP contribution is 2.29. The Kier molecular flexibility index (Phi) is 4.41. The van der Waals surface area contributed by atoms with E-state index in [1.54, 1.807) is 11.0 Å². The molecule has 0 amide bonds. The van der Waals surface area contributed by atoms with Crippen molar-refractivity contribution in [3.63, 3.8) is 0 Å². The maximum absolute atomic E-state index is 6.35. The van der Waals surface area contributed by atoms with Crippen molar-refractivity contribution in [1.29, 1.82) is 0 Å². The molecule has 0 radical (unpaired) electrons. The molecule has 0 aliphatic carbocycles. The van der Waals surface area contributed by atoms with Gasteiger partial charge in [0.25, 0.3) is 0 Å². The van der Waals surface area contributed by atoms with Crippen LogP contribution in [0.3, 0.4) is 0 Å². The van der Waals surface area contributed by atoms with Crippen molar-refractivity contribution in [1.82, 2.24) is 19.7 Å². The lowest BCUT2D eigenvalue weighted by Crippen LogP contribution is -2.39. The molecule has 1 aliphatic heterocycles. The van der Waals surface area contributed by atoms with Crippen LogP contribution in [0.5, 0.6) is 0 Å². The third kappa shape index (κ3) is 3.19. The molecule has 1 aliphatic rings. The fraction of sp³-hybridized carbons (Fsp3) is 0.467. The molecule has 1 aromatic carbocycles. The van der Waals surface area contributed by atoms with Crippen LogP contribution in [-0.2, 0) is 0 Å². The fourth-order valence-electron chi connectivity index (χ4n) is 2.80. The van der Waals surface area contributed by atoms with E-state index < -0.39 is 0 Å². The average Bonchev–Trinajstić information content (AvgIpc) is 3.02. The zero-order valence-corrected chi connectivity index (χ0v) is 12.9. The Morgan fingerprint density at radius 1 is 1.33 bits per heavy atom. The van der Waals surface area contributed by atoms with Gasteiger partial charge in [-0.2, -0.15) is 5.10 Å². The van der Waals surface area contributed by atoms with Crippen molar-refractivity contribution in [3.05, 3.63) is 35.9 Å². The number of hydrogen-bond acceptors (Lipinski definition) is 4. The molecule has 0 saturated carbocycles. The highest BCUT2D eigenvalue weighted by Gasteiger charge is 2.19. The number of para-hydroxylation sites is 1. The second-order valence-electron chi connectivity index (χ2n) is 5.33. The van der Waals surface area contributed by atoms with Crippen molar-refractivity contribution in [2.45, 2.75) is 25.8 Å². The minimum absolute atomic E-state index is 0.480. The summed E-state index contributed by atoms with van der Waals surface area (Å²) in [4.78, 5) is 6.49. The third-order valence-electron chi connectivity index (χ3n) is 4.03. The minimum atomic E-state index is 0.480. The van der Waals surface area contributed by atoms with E-state index in [4.69, 9.17) is 11.6 Å². The van der Waals surface area contributed by atoms with Crippen LogP contribution >= 0.6 is 11.6 Å². The summed E-state index contributed by atoms with van der Waals surface area (Å²) >= 11 is 6.35. The Bertz CT molecular complexity index is 576. The van der Waals surface area contributed by atoms with E-state index in [0.29, 0.717) is 11.1 Å². The number of halogens is 1. The van der Waals surface area contributed by atoms with Crippen molar-refractivity contribution in [3.8, 4) is 5.69 Å². The number of likely N-dealkylation sites (tertiary alicyclic amines) is 1. The summed E-state index contributed by atoms with van der Waals surface area (Å²) in [6, 6.07) is 6.37. The molecule has 1 N–H and O–H groups in total. The molecule has 2 heterocycles. The van der Waals surface area contributed by atoms with Crippen LogP contribution in [-0.4, -0.2) is 45.3 Å². The van der Waals surface area contributed by atoms with Crippen molar-refractivity contribution < 1.29 is 0 Å². The zero-order chi connectivity index (χ0) is 14.7. The highest BCUT2D eigenvalue weighted by molar-refractivity contribution is 6.33. The lowest BCUT2D eigenvalue weighted by atomic mass is 10.0. The van der Waals surface area contributed by atoms with E-state index in [0.717, 1.165) is 43.9 Å². The highest BCUT2D eigenvalue weighted by atomic mass is 35.5. The maximum Gasteiger partial charge on any atom is 0.138 e. The number of benzene rings is 1. The number of rotatable bonds is 4. The van der Waals surface area contributed by atoms with E-state index in [1.165, 1.54) is 6.33 Å². The molecule has 112 valence electrons. The largest absolute Gasteiger partial charge is 0.380 e. The molecular weight excluding hydrogens is 286 g/mol. The normalized spacial score (nSPS) is 17.0. The molecule has 5 nitrogen and oxygen atoms in total. The number of aromatic nitrogens is 3. The first-order valence-electron chi connectivity index (χ1n) is 7.40. The molecule has 0 atom stereocenters. The first-order valence-corrected chi connectivity index (χ1v) is 7.78. The molecule has 0 unspecified atom stereocenters. The van der Waals surface area contributed by atoms with Crippen LogP contribution in [0.15, 0.2) is 30.9 Å². The molecule has 6 heteroatoms. The SMILES string of the molecule is CCN1CCC(Nc2cccc(Cl)c2-n2cncn2)CC1. The van der Waals surface area contributed by atoms with E-state index in [1.807, 2.05) is 12.1 Å². The standard InChI is InChI=1S/C15H20ClN5/c1-2-20-8-6-12(7-9-20)19-14-5-3-4-13(16)15(14)21-11-17-10-18-21/h3-5,10-12,19H,2,6-9H2,1H3. The summed E-state index contributed by atoms with van der Waals surface area (Å²) in [6.07, 6.45) is 5.49. The summed E-state index contributed by atoms with van der Waals surface area (Å²) in [5, 5.41) is 8.50. The lowest BCUT2D eigenvalue weighted by molar-refractivity contribution is 0.229. The van der Waals surface area contributed by atoms with E-state index in [9.17, 15) is 0 Å². The predicted octanol–water partition coefficient (Wildman–Crippen LogP) is 2.82. The van der Waals surface area contributed by atoms with Gasteiger partial charge in [-0.3, -0.25) is 0 Å². The Morgan fingerprint density at radius 3 is 2.81 bits per heavy atom. The molecule has 1 aromatic heterocycles. The molecule has 0 bridgehead atoms. The lowest BCUT2D eigenvalue weighted by Gasteiger charge is -2.32. The van der Waals surface area contributed by atoms with Gasteiger partial charge in [-0.15, -0.1) is 0 Å². The summed E-state index contributed by atoms with van der Waals surface area (Å²) < 4.78 is 1.71. The number of nitrogens with zero attached hydrogens (tertiary/aromatic N) is 4. The van der Waals surface area contributed by atoms with E-state index in [-0.39, 0.29) is 0 Å². The Morgan fingerprint density at radius 2 is 2.14 bits per heavy atom. The monoisotopic (exact) mass is 305 g/mol. The number of hydrogen-bond donors (Lipinski definition) is 1. The van der Waals surface area contributed by atoms with Gasteiger partial charge >= 0.3 is 0 Å². The van der Waals surface area contributed by atoms with Crippen molar-refractivity contribution >= 4 is 17.3 Å². The zero-order valence-electron chi connectivity index (χ0n) is 12.2. The Hall–Kier alpha value is -1.59. The van der Waals surface area contributed by atoms with Gasteiger partial charge in [0.05, 0.1) is 10.7 Å². The first kappa shape index (κ1) is 14.4. The van der Waals surface area contributed by atoms with Gasteiger partial charge in [0.1, 0.15) is 18.3 Å². The molecule has 1 saturated heterocycles. The van der Waals surface area contributed by atoms with Crippen LogP contribution in [0.25, 0.3) is 5.69 Å². The van der Waals surface area contributed by atoms with Crippen LogP contribution in [0.4, 0.5) is 5.69 Å². The molecule has 1 fully saturated rings. The summed E-state index contributed by atoms with van der Waals surface area (Å²) in [6.45, 7) is 5.64. The summed E-state index contributed by atoms with van der Waals surface area (Å²) in [7, 11) is 0. The smallest absolute Gasteiger partial charge is 0.138 e. The van der Waals surface area contributed by atoms with Gasteiger partial charge in [0.2, 0.25) is 0 Å². The van der Waals surface area contributed by atoms with Gasteiger partial charge in [0.15, 0.2) is 0 Å². The predicted molar refractivity (Wildman–Crippen MR) is 85.1 cm³/mol. The fourth-order valence-corrected chi connectivity index (χ4v) is 3.06. The van der Waals surface area contributed by atoms with E-state index in [2.05, 4.69) is 33.3 Å². The van der Waals surface area contributed by atoms with Crippen molar-refractivity contribution in [2.75, 3.05) is 25.0 Å². The van der Waals surface area contributed by atoms with Crippen LogP contribution in [0.2, 0.25) is 5.02 Å². The average molecular weight is 306 g/mol. The second-order valence-corrected chi connectivity index (χ2v) is 5.74. The van der Waals surface area contributed by atoms with E-state index >= 15 is 0 Å². The van der Waals surface area contributed by atoms with Crippen molar-refractivity contribution in [2.24, 2.45) is 0 Å².